The van der Waals surface area contributed by atoms with Crippen LogP contribution in [0.3, 0.4) is 0 Å². The highest BCUT2D eigenvalue weighted by Crippen LogP contribution is 2.17. The second kappa shape index (κ2) is 12.6. The summed E-state index contributed by atoms with van der Waals surface area (Å²) in [5.74, 6) is -0.725. The molecule has 0 spiro atoms. The van der Waals surface area contributed by atoms with E-state index in [-0.39, 0.29) is 0 Å². The molecule has 2 aromatic rings. The predicted octanol–water partition coefficient (Wildman–Crippen LogP) is 5.01. The van der Waals surface area contributed by atoms with E-state index in [9.17, 15) is 9.90 Å². The minimum Gasteiger partial charge on any atom is -0.538 e. The van der Waals surface area contributed by atoms with Gasteiger partial charge in [-0.25, -0.2) is 9.13 Å². The molecule has 0 aliphatic rings. The molecular weight excluding hydrogens is 348 g/mol. The molecule has 1 aromatic heterocycles. The Hall–Kier alpha value is -1.84. The molecular formula is C24H38N2O2. The SMILES string of the molecule is CCCCCCCCn1c(C(=O)[O-])[n+](CCCCCCCC)c2ccccc21. The Morgan fingerprint density at radius 2 is 1.43 bits per heavy atom. The lowest BCUT2D eigenvalue weighted by molar-refractivity contribution is -0.677. The van der Waals surface area contributed by atoms with Crippen molar-refractivity contribution < 1.29 is 14.5 Å². The number of unbranched alkanes of at least 4 members (excludes halogenated alkanes) is 10. The summed E-state index contributed by atoms with van der Waals surface area (Å²) in [5, 5.41) is 12.0. The van der Waals surface area contributed by atoms with E-state index >= 15 is 0 Å². The largest absolute Gasteiger partial charge is 0.538 e. The van der Waals surface area contributed by atoms with E-state index in [0.717, 1.165) is 49.8 Å². The molecule has 0 amide bonds. The summed E-state index contributed by atoms with van der Waals surface area (Å²) in [6.07, 6.45) is 14.4. The fourth-order valence-corrected chi connectivity index (χ4v) is 4.07. The fraction of sp³-hybridized carbons (Fsp3) is 0.667. The second-order valence-electron chi connectivity index (χ2n) is 7.94. The number of carbonyl (C=O) groups excluding carboxylic acids is 1. The van der Waals surface area contributed by atoms with Gasteiger partial charge in [-0.2, -0.15) is 0 Å². The minimum absolute atomic E-state index is 0.336. The van der Waals surface area contributed by atoms with E-state index in [2.05, 4.69) is 13.8 Å². The first-order chi connectivity index (χ1) is 13.7. The number of nitrogens with zero attached hydrogens (tertiary/aromatic N) is 2. The van der Waals surface area contributed by atoms with Crippen molar-refractivity contribution in [2.24, 2.45) is 0 Å². The summed E-state index contributed by atoms with van der Waals surface area (Å²) >= 11 is 0. The van der Waals surface area contributed by atoms with Crippen LogP contribution in [0.2, 0.25) is 0 Å². The topological polar surface area (TPSA) is 48.9 Å². The molecule has 0 saturated carbocycles. The normalized spacial score (nSPS) is 11.4. The Balaban J connectivity index is 2.09. The van der Waals surface area contributed by atoms with Crippen molar-refractivity contribution in [3.8, 4) is 0 Å². The van der Waals surface area contributed by atoms with Crippen molar-refractivity contribution >= 4 is 17.0 Å². The Morgan fingerprint density at radius 3 is 2.07 bits per heavy atom. The molecule has 0 aliphatic heterocycles. The Labute approximate surface area is 170 Å². The van der Waals surface area contributed by atoms with Crippen molar-refractivity contribution in [3.63, 3.8) is 0 Å². The van der Waals surface area contributed by atoms with Gasteiger partial charge < -0.3 is 9.90 Å². The first-order valence-electron chi connectivity index (χ1n) is 11.4. The van der Waals surface area contributed by atoms with Gasteiger partial charge in [-0.15, -0.1) is 0 Å². The lowest BCUT2D eigenvalue weighted by Crippen LogP contribution is -2.45. The van der Waals surface area contributed by atoms with Crippen LogP contribution in [0.25, 0.3) is 11.0 Å². The van der Waals surface area contributed by atoms with Crippen molar-refractivity contribution in [1.82, 2.24) is 4.57 Å². The van der Waals surface area contributed by atoms with Crippen LogP contribution in [0.5, 0.6) is 0 Å². The third kappa shape index (κ3) is 6.35. The van der Waals surface area contributed by atoms with Crippen LogP contribution >= 0.6 is 0 Å². The number of fused-ring (bicyclic) bond motifs is 1. The molecule has 0 radical (unpaired) electrons. The van der Waals surface area contributed by atoms with Crippen LogP contribution in [0.1, 0.15) is 102 Å². The van der Waals surface area contributed by atoms with Crippen LogP contribution in [0.4, 0.5) is 0 Å². The third-order valence-corrected chi connectivity index (χ3v) is 5.63. The number of benzene rings is 1. The Bertz CT molecular complexity index is 668. The maximum absolute atomic E-state index is 12.0. The molecule has 0 fully saturated rings. The molecule has 4 heteroatoms. The molecule has 156 valence electrons. The summed E-state index contributed by atoms with van der Waals surface area (Å²) in [7, 11) is 0. The molecule has 0 aliphatic carbocycles. The monoisotopic (exact) mass is 386 g/mol. The van der Waals surface area contributed by atoms with Gasteiger partial charge in [0.05, 0.1) is 13.1 Å². The molecule has 0 saturated heterocycles. The van der Waals surface area contributed by atoms with Gasteiger partial charge in [0.25, 0.3) is 0 Å². The maximum Gasteiger partial charge on any atom is 0.305 e. The van der Waals surface area contributed by atoms with Crippen molar-refractivity contribution in [2.75, 3.05) is 0 Å². The number of imidazole rings is 1. The zero-order valence-corrected chi connectivity index (χ0v) is 17.9. The highest BCUT2D eigenvalue weighted by atomic mass is 16.4. The number of para-hydroxylation sites is 2. The number of aryl methyl sites for hydroxylation is 2. The molecule has 4 nitrogen and oxygen atoms in total. The number of rotatable bonds is 15. The number of carboxylic acids is 1. The number of hydrogen-bond donors (Lipinski definition) is 0. The summed E-state index contributed by atoms with van der Waals surface area (Å²) in [5.41, 5.74) is 2.03. The highest BCUT2D eigenvalue weighted by molar-refractivity contribution is 5.85. The van der Waals surface area contributed by atoms with Crippen LogP contribution in [-0.2, 0) is 13.1 Å². The number of carboxylic acid groups (broad SMARTS) is 1. The molecule has 0 N–H and O–H groups in total. The van der Waals surface area contributed by atoms with Crippen molar-refractivity contribution in [3.05, 3.63) is 30.1 Å². The van der Waals surface area contributed by atoms with Gasteiger partial charge in [0.15, 0.2) is 17.0 Å². The van der Waals surface area contributed by atoms with Gasteiger partial charge >= 0.3 is 5.82 Å². The van der Waals surface area contributed by atoms with Crippen molar-refractivity contribution in [2.45, 2.75) is 104 Å². The molecule has 1 heterocycles. The van der Waals surface area contributed by atoms with Crippen LogP contribution < -0.4 is 9.67 Å². The van der Waals surface area contributed by atoms with Crippen molar-refractivity contribution in [1.29, 1.82) is 0 Å². The number of aromatic carboxylic acids is 1. The average Bonchev–Trinajstić information content (AvgIpc) is 3.01. The second-order valence-corrected chi connectivity index (χ2v) is 7.94. The third-order valence-electron chi connectivity index (χ3n) is 5.63. The van der Waals surface area contributed by atoms with E-state index < -0.39 is 5.97 Å². The van der Waals surface area contributed by atoms with Crippen LogP contribution in [-0.4, -0.2) is 10.5 Å². The number of carbonyl (C=O) groups is 1. The zero-order chi connectivity index (χ0) is 20.2. The Kier molecular flexibility index (Phi) is 10.1. The molecule has 0 atom stereocenters. The molecule has 28 heavy (non-hydrogen) atoms. The van der Waals surface area contributed by atoms with Gasteiger partial charge in [0.1, 0.15) is 0 Å². The minimum atomic E-state index is -1.06. The number of aromatic nitrogens is 2. The highest BCUT2D eigenvalue weighted by Gasteiger charge is 2.25. The summed E-state index contributed by atoms with van der Waals surface area (Å²) in [6, 6.07) is 8.07. The van der Waals surface area contributed by atoms with E-state index in [0.29, 0.717) is 5.82 Å². The van der Waals surface area contributed by atoms with E-state index in [1.54, 1.807) is 0 Å². The first-order valence-corrected chi connectivity index (χ1v) is 11.4. The maximum atomic E-state index is 12.0. The van der Waals surface area contributed by atoms with Gasteiger partial charge in [-0.3, -0.25) is 0 Å². The quantitative estimate of drug-likeness (QED) is 0.319. The zero-order valence-electron chi connectivity index (χ0n) is 17.9. The van der Waals surface area contributed by atoms with E-state index in [1.165, 1.54) is 51.4 Å². The summed E-state index contributed by atoms with van der Waals surface area (Å²) in [4.78, 5) is 12.0. The van der Waals surface area contributed by atoms with Gasteiger partial charge in [0.2, 0.25) is 0 Å². The molecule has 0 bridgehead atoms. The fourth-order valence-electron chi connectivity index (χ4n) is 4.07. The molecule has 1 aromatic carbocycles. The Morgan fingerprint density at radius 1 is 0.857 bits per heavy atom. The van der Waals surface area contributed by atoms with Gasteiger partial charge in [-0.1, -0.05) is 77.3 Å². The lowest BCUT2D eigenvalue weighted by atomic mass is 10.1. The standard InChI is InChI=1S/C24H38N2O2/c1-3-5-7-9-11-15-19-25-21-17-13-14-18-22(21)26(23(25)24(27)28)20-16-12-10-8-6-4-2/h13-14,17-18H,3-12,15-16,19-20H2,1-2H3. The summed E-state index contributed by atoms with van der Waals surface area (Å²) in [6.45, 7) is 5.94. The lowest BCUT2D eigenvalue weighted by Gasteiger charge is -2.07. The van der Waals surface area contributed by atoms with Gasteiger partial charge in [-0.05, 0) is 37.8 Å². The smallest absolute Gasteiger partial charge is 0.305 e. The number of hydrogen-bond acceptors (Lipinski definition) is 2. The van der Waals surface area contributed by atoms with E-state index in [1.807, 2.05) is 33.4 Å². The van der Waals surface area contributed by atoms with Gasteiger partial charge in [0, 0.05) is 0 Å². The van der Waals surface area contributed by atoms with Crippen LogP contribution in [0, 0.1) is 0 Å². The van der Waals surface area contributed by atoms with E-state index in [4.69, 9.17) is 0 Å². The molecule has 0 unspecified atom stereocenters. The average molecular weight is 387 g/mol. The first kappa shape index (κ1) is 22.4. The predicted molar refractivity (Wildman–Crippen MR) is 113 cm³/mol. The molecule has 2 rings (SSSR count). The van der Waals surface area contributed by atoms with Crippen LogP contribution in [0.15, 0.2) is 24.3 Å². The summed E-state index contributed by atoms with van der Waals surface area (Å²) < 4.78 is 3.95.